The third kappa shape index (κ3) is 3.31. The van der Waals surface area contributed by atoms with Crippen molar-refractivity contribution in [1.82, 2.24) is 10.2 Å². The van der Waals surface area contributed by atoms with Crippen LogP contribution in [0.15, 0.2) is 66.7 Å². The summed E-state index contributed by atoms with van der Waals surface area (Å²) in [6, 6.07) is 17.8. The normalized spacial score (nSPS) is 18.8. The monoisotopic (exact) mass is 391 g/mol. The van der Waals surface area contributed by atoms with Gasteiger partial charge in [0.05, 0.1) is 0 Å². The summed E-state index contributed by atoms with van der Waals surface area (Å²) in [5.41, 5.74) is -0.391. The zero-order valence-electron chi connectivity index (χ0n) is 15.6. The molecule has 29 heavy (non-hydrogen) atoms. The van der Waals surface area contributed by atoms with Crippen LogP contribution in [0.4, 0.5) is 14.9 Å². The van der Waals surface area contributed by atoms with Crippen LogP contribution in [0.5, 0.6) is 0 Å². The average molecular weight is 391 g/mol. The van der Waals surface area contributed by atoms with Crippen LogP contribution in [-0.2, 0) is 15.1 Å². The first-order valence-corrected chi connectivity index (χ1v) is 9.06. The topological polar surface area (TPSA) is 78.5 Å². The minimum atomic E-state index is -1.29. The summed E-state index contributed by atoms with van der Waals surface area (Å²) in [6.45, 7) is 1.15. The number of hydrogen-bond donors (Lipinski definition) is 2. The van der Waals surface area contributed by atoms with Gasteiger partial charge >= 0.3 is 6.03 Å². The van der Waals surface area contributed by atoms with Gasteiger partial charge in [-0.25, -0.2) is 9.18 Å². The summed E-state index contributed by atoms with van der Waals surface area (Å²) in [6.07, 6.45) is 0. The van der Waals surface area contributed by atoms with E-state index in [4.69, 9.17) is 0 Å². The Kier molecular flexibility index (Phi) is 4.50. The highest BCUT2D eigenvalue weighted by atomic mass is 19.1. The van der Waals surface area contributed by atoms with Crippen LogP contribution in [-0.4, -0.2) is 29.3 Å². The molecule has 1 fully saturated rings. The summed E-state index contributed by atoms with van der Waals surface area (Å²) < 4.78 is 13.3. The fourth-order valence-electron chi connectivity index (χ4n) is 3.59. The summed E-state index contributed by atoms with van der Waals surface area (Å²) >= 11 is 0. The van der Waals surface area contributed by atoms with E-state index in [1.807, 2.05) is 36.4 Å². The molecular weight excluding hydrogens is 373 g/mol. The largest absolute Gasteiger partial charge is 0.325 e. The van der Waals surface area contributed by atoms with Gasteiger partial charge in [-0.2, -0.15) is 0 Å². The number of anilines is 1. The molecule has 1 saturated heterocycles. The molecule has 0 radical (unpaired) electrons. The SMILES string of the molecule is CC1(c2cccc3ccccc23)NC(=O)N(CC(=O)Nc2cccc(F)c2)C1=O. The van der Waals surface area contributed by atoms with Crippen molar-refractivity contribution in [2.75, 3.05) is 11.9 Å². The number of imide groups is 1. The maximum atomic E-state index is 13.3. The number of halogens is 1. The molecule has 0 bridgehead atoms. The van der Waals surface area contributed by atoms with Crippen molar-refractivity contribution < 1.29 is 18.8 Å². The lowest BCUT2D eigenvalue weighted by atomic mass is 9.88. The van der Waals surface area contributed by atoms with E-state index in [-0.39, 0.29) is 5.69 Å². The number of amides is 4. The molecule has 0 spiro atoms. The summed E-state index contributed by atoms with van der Waals surface area (Å²) in [4.78, 5) is 38.8. The van der Waals surface area contributed by atoms with Crippen molar-refractivity contribution >= 4 is 34.3 Å². The van der Waals surface area contributed by atoms with E-state index >= 15 is 0 Å². The second kappa shape index (κ2) is 7.01. The summed E-state index contributed by atoms with van der Waals surface area (Å²) in [7, 11) is 0. The first-order valence-electron chi connectivity index (χ1n) is 9.06. The molecule has 4 rings (SSSR count). The first-order chi connectivity index (χ1) is 13.9. The van der Waals surface area contributed by atoms with E-state index < -0.39 is 35.7 Å². The number of hydrogen-bond acceptors (Lipinski definition) is 3. The zero-order valence-corrected chi connectivity index (χ0v) is 15.6. The minimum absolute atomic E-state index is 0.249. The van der Waals surface area contributed by atoms with Gasteiger partial charge in [0, 0.05) is 5.69 Å². The lowest BCUT2D eigenvalue weighted by Gasteiger charge is -2.24. The molecule has 1 aliphatic rings. The fraction of sp³-hybridized carbons (Fsp3) is 0.136. The lowest BCUT2D eigenvalue weighted by Crippen LogP contribution is -2.42. The maximum Gasteiger partial charge on any atom is 0.325 e. The van der Waals surface area contributed by atoms with Gasteiger partial charge in [0.1, 0.15) is 17.9 Å². The lowest BCUT2D eigenvalue weighted by molar-refractivity contribution is -0.133. The molecule has 1 atom stereocenters. The highest BCUT2D eigenvalue weighted by Crippen LogP contribution is 2.33. The number of carbonyl (C=O) groups excluding carboxylic acids is 3. The van der Waals surface area contributed by atoms with E-state index in [9.17, 15) is 18.8 Å². The van der Waals surface area contributed by atoms with E-state index in [1.165, 1.54) is 18.2 Å². The Morgan fingerprint density at radius 1 is 1.07 bits per heavy atom. The third-order valence-electron chi connectivity index (χ3n) is 5.01. The van der Waals surface area contributed by atoms with Crippen molar-refractivity contribution in [3.8, 4) is 0 Å². The molecule has 3 aromatic rings. The molecule has 6 nitrogen and oxygen atoms in total. The molecule has 7 heteroatoms. The Morgan fingerprint density at radius 2 is 1.79 bits per heavy atom. The predicted octanol–water partition coefficient (Wildman–Crippen LogP) is 3.38. The standard InChI is InChI=1S/C22H18FN3O3/c1-22(18-11-4-7-14-6-2-3-10-17(14)18)20(28)26(21(29)25-22)13-19(27)24-16-9-5-8-15(23)12-16/h2-12H,13H2,1H3,(H,24,27)(H,25,29). The van der Waals surface area contributed by atoms with Crippen LogP contribution >= 0.6 is 0 Å². The van der Waals surface area contributed by atoms with Gasteiger partial charge in [-0.1, -0.05) is 48.5 Å². The van der Waals surface area contributed by atoms with Crippen LogP contribution < -0.4 is 10.6 Å². The molecule has 1 heterocycles. The Labute approximate surface area is 166 Å². The highest BCUT2D eigenvalue weighted by Gasteiger charge is 2.50. The molecule has 3 aromatic carbocycles. The van der Waals surface area contributed by atoms with E-state index in [1.54, 1.807) is 13.0 Å². The zero-order chi connectivity index (χ0) is 20.6. The highest BCUT2D eigenvalue weighted by molar-refractivity contribution is 6.11. The predicted molar refractivity (Wildman–Crippen MR) is 107 cm³/mol. The Balaban J connectivity index is 1.59. The number of fused-ring (bicyclic) bond motifs is 1. The molecule has 1 unspecified atom stereocenters. The second-order valence-corrected chi connectivity index (χ2v) is 7.03. The van der Waals surface area contributed by atoms with Crippen molar-refractivity contribution in [2.24, 2.45) is 0 Å². The molecular formula is C22H18FN3O3. The van der Waals surface area contributed by atoms with Crippen LogP contribution in [0.25, 0.3) is 10.8 Å². The number of carbonyl (C=O) groups is 3. The Morgan fingerprint density at radius 3 is 2.59 bits per heavy atom. The Hall–Kier alpha value is -3.74. The van der Waals surface area contributed by atoms with Gasteiger partial charge in [0.15, 0.2) is 0 Å². The van der Waals surface area contributed by atoms with Crippen LogP contribution in [0.1, 0.15) is 12.5 Å². The third-order valence-corrected chi connectivity index (χ3v) is 5.01. The van der Waals surface area contributed by atoms with Crippen LogP contribution in [0.3, 0.4) is 0 Å². The number of benzene rings is 3. The molecule has 0 saturated carbocycles. The fourth-order valence-corrected chi connectivity index (χ4v) is 3.59. The number of nitrogens with one attached hydrogen (secondary N) is 2. The van der Waals surface area contributed by atoms with Gasteiger partial charge in [0.25, 0.3) is 5.91 Å². The van der Waals surface area contributed by atoms with Crippen molar-refractivity contribution in [2.45, 2.75) is 12.5 Å². The van der Waals surface area contributed by atoms with Crippen LogP contribution in [0, 0.1) is 5.82 Å². The van der Waals surface area contributed by atoms with Gasteiger partial charge in [-0.3, -0.25) is 14.5 Å². The molecule has 1 aliphatic heterocycles. The Bertz CT molecular complexity index is 1140. The minimum Gasteiger partial charge on any atom is -0.324 e. The quantitative estimate of drug-likeness (QED) is 0.669. The average Bonchev–Trinajstić information content (AvgIpc) is 2.91. The molecule has 4 amide bonds. The second-order valence-electron chi connectivity index (χ2n) is 7.03. The summed E-state index contributed by atoms with van der Waals surface area (Å²) in [5, 5.41) is 6.99. The number of nitrogens with zero attached hydrogens (tertiary/aromatic N) is 1. The first kappa shape index (κ1) is 18.6. The molecule has 0 aliphatic carbocycles. The van der Waals surface area contributed by atoms with Crippen molar-refractivity contribution in [3.05, 3.63) is 78.1 Å². The van der Waals surface area contributed by atoms with E-state index in [2.05, 4.69) is 10.6 Å². The summed E-state index contributed by atoms with van der Waals surface area (Å²) in [5.74, 6) is -1.61. The maximum absolute atomic E-state index is 13.3. The number of urea groups is 1. The molecule has 2 N–H and O–H groups in total. The smallest absolute Gasteiger partial charge is 0.324 e. The molecule has 146 valence electrons. The number of rotatable bonds is 4. The van der Waals surface area contributed by atoms with Crippen molar-refractivity contribution in [3.63, 3.8) is 0 Å². The molecule has 0 aromatic heterocycles. The van der Waals surface area contributed by atoms with Gasteiger partial charge < -0.3 is 10.6 Å². The van der Waals surface area contributed by atoms with E-state index in [0.29, 0.717) is 5.56 Å². The van der Waals surface area contributed by atoms with E-state index in [0.717, 1.165) is 21.7 Å². The van der Waals surface area contributed by atoms with Crippen LogP contribution in [0.2, 0.25) is 0 Å². The van der Waals surface area contributed by atoms with Gasteiger partial charge in [-0.05, 0) is 41.5 Å². The van der Waals surface area contributed by atoms with Crippen molar-refractivity contribution in [1.29, 1.82) is 0 Å². The van der Waals surface area contributed by atoms with Gasteiger partial charge in [-0.15, -0.1) is 0 Å². The van der Waals surface area contributed by atoms with Gasteiger partial charge in [0.2, 0.25) is 5.91 Å².